The zero-order chi connectivity index (χ0) is 20.5. The number of anilines is 2. The number of nitrogens with zero attached hydrogens (tertiary/aromatic N) is 5. The molecule has 0 radical (unpaired) electrons. The molecule has 2 N–H and O–H groups in total. The topological polar surface area (TPSA) is 81.3 Å². The summed E-state index contributed by atoms with van der Waals surface area (Å²) in [6.07, 6.45) is 8.10. The molecule has 0 amide bonds. The number of aryl methyl sites for hydroxylation is 1. The quantitative estimate of drug-likeness (QED) is 0.514. The molecule has 2 atom stereocenters. The number of benzene rings is 1. The van der Waals surface area contributed by atoms with Gasteiger partial charge in [-0.2, -0.15) is 5.10 Å². The molecule has 2 unspecified atom stereocenters. The zero-order valence-electron chi connectivity index (χ0n) is 17.1. The van der Waals surface area contributed by atoms with Gasteiger partial charge in [0.05, 0.1) is 23.6 Å². The summed E-state index contributed by atoms with van der Waals surface area (Å²) in [5.41, 5.74) is 3.79. The molecule has 8 heteroatoms. The summed E-state index contributed by atoms with van der Waals surface area (Å²) in [5.74, 6) is 1.35. The van der Waals surface area contributed by atoms with Gasteiger partial charge in [-0.05, 0) is 50.6 Å². The highest BCUT2D eigenvalue weighted by Crippen LogP contribution is 2.24. The highest BCUT2D eigenvalue weighted by Gasteiger charge is 2.22. The molecule has 1 saturated heterocycles. The Morgan fingerprint density at radius 3 is 2.97 bits per heavy atom. The minimum Gasteiger partial charge on any atom is -0.489 e. The number of ether oxygens (including phenoxy) is 1. The van der Waals surface area contributed by atoms with Gasteiger partial charge in [0.1, 0.15) is 11.9 Å². The lowest BCUT2D eigenvalue weighted by molar-refractivity contribution is 0.180. The number of hydrogen-bond donors (Lipinski definition) is 2. The van der Waals surface area contributed by atoms with E-state index in [1.807, 2.05) is 66.6 Å². The van der Waals surface area contributed by atoms with Gasteiger partial charge in [0.15, 0.2) is 0 Å². The van der Waals surface area contributed by atoms with E-state index >= 15 is 0 Å². The highest BCUT2D eigenvalue weighted by molar-refractivity contribution is 5.66. The van der Waals surface area contributed by atoms with Gasteiger partial charge in [-0.1, -0.05) is 6.07 Å². The van der Waals surface area contributed by atoms with Gasteiger partial charge in [0.25, 0.3) is 0 Å². The van der Waals surface area contributed by atoms with Gasteiger partial charge in [-0.15, -0.1) is 5.10 Å². The summed E-state index contributed by atoms with van der Waals surface area (Å²) in [5, 5.41) is 15.7. The molecule has 154 valence electrons. The van der Waals surface area contributed by atoms with Crippen molar-refractivity contribution in [3.63, 3.8) is 0 Å². The van der Waals surface area contributed by atoms with Gasteiger partial charge >= 0.3 is 0 Å². The van der Waals surface area contributed by atoms with Crippen LogP contribution in [0, 0.1) is 0 Å². The number of aromatic nitrogens is 5. The van der Waals surface area contributed by atoms with Crippen molar-refractivity contribution in [2.75, 3.05) is 11.9 Å². The van der Waals surface area contributed by atoms with Crippen LogP contribution in [-0.4, -0.2) is 43.1 Å². The monoisotopic (exact) mass is 403 g/mol. The van der Waals surface area contributed by atoms with Crippen LogP contribution < -0.4 is 15.4 Å². The van der Waals surface area contributed by atoms with Crippen LogP contribution in [0.15, 0.2) is 55.0 Å². The first-order chi connectivity index (χ1) is 14.7. The zero-order valence-corrected chi connectivity index (χ0v) is 17.1. The van der Waals surface area contributed by atoms with Crippen LogP contribution in [0.25, 0.3) is 16.8 Å². The van der Waals surface area contributed by atoms with E-state index in [2.05, 4.69) is 32.7 Å². The second kappa shape index (κ2) is 7.79. The van der Waals surface area contributed by atoms with Crippen molar-refractivity contribution in [1.82, 2.24) is 29.7 Å². The van der Waals surface area contributed by atoms with E-state index in [-0.39, 0.29) is 6.10 Å². The molecule has 0 bridgehead atoms. The van der Waals surface area contributed by atoms with Crippen LogP contribution in [0.5, 0.6) is 5.75 Å². The Bertz CT molecular complexity index is 1160. The van der Waals surface area contributed by atoms with E-state index in [0.29, 0.717) is 12.0 Å². The Hall–Kier alpha value is -3.39. The minimum atomic E-state index is 0.122. The molecule has 0 aliphatic carbocycles. The van der Waals surface area contributed by atoms with Gasteiger partial charge in [-0.25, -0.2) is 9.50 Å². The van der Waals surface area contributed by atoms with E-state index in [1.54, 1.807) is 4.68 Å². The van der Waals surface area contributed by atoms with E-state index < -0.39 is 0 Å². The molecule has 4 heterocycles. The summed E-state index contributed by atoms with van der Waals surface area (Å²) >= 11 is 0. The van der Waals surface area contributed by atoms with E-state index in [9.17, 15) is 0 Å². The van der Waals surface area contributed by atoms with Crippen molar-refractivity contribution in [3.05, 3.63) is 55.0 Å². The lowest BCUT2D eigenvalue weighted by atomic mass is 10.1. The third-order valence-electron chi connectivity index (χ3n) is 5.48. The predicted octanol–water partition coefficient (Wildman–Crippen LogP) is 3.39. The fraction of sp³-hybridized carbons (Fsp3) is 0.318. The Kier molecular flexibility index (Phi) is 4.84. The number of fused-ring (bicyclic) bond motifs is 1. The SMILES string of the molecule is CC(Oc1cccc(Nc2ncc3ccc(-c4cnn(C)c4)n3n2)c1)C1CCCN1. The smallest absolute Gasteiger partial charge is 0.245 e. The lowest BCUT2D eigenvalue weighted by Crippen LogP contribution is -2.36. The fourth-order valence-electron chi connectivity index (χ4n) is 3.92. The van der Waals surface area contributed by atoms with Crippen LogP contribution in [0.2, 0.25) is 0 Å². The Morgan fingerprint density at radius 2 is 2.17 bits per heavy atom. The molecular formula is C22H25N7O. The van der Waals surface area contributed by atoms with Gasteiger partial charge < -0.3 is 15.4 Å². The Morgan fingerprint density at radius 1 is 1.23 bits per heavy atom. The average Bonchev–Trinajstić information content (AvgIpc) is 3.48. The van der Waals surface area contributed by atoms with Gasteiger partial charge in [0.2, 0.25) is 5.95 Å². The van der Waals surface area contributed by atoms with E-state index in [0.717, 1.165) is 41.2 Å². The average molecular weight is 403 g/mol. The van der Waals surface area contributed by atoms with Crippen LogP contribution in [0.1, 0.15) is 19.8 Å². The first-order valence-corrected chi connectivity index (χ1v) is 10.3. The molecule has 30 heavy (non-hydrogen) atoms. The third kappa shape index (κ3) is 3.73. The summed E-state index contributed by atoms with van der Waals surface area (Å²) in [7, 11) is 1.90. The van der Waals surface area contributed by atoms with Gasteiger partial charge in [0, 0.05) is 36.6 Å². The molecular weight excluding hydrogens is 378 g/mol. The lowest BCUT2D eigenvalue weighted by Gasteiger charge is -2.21. The van der Waals surface area contributed by atoms with Crippen molar-refractivity contribution < 1.29 is 4.74 Å². The van der Waals surface area contributed by atoms with E-state index in [4.69, 9.17) is 4.74 Å². The van der Waals surface area contributed by atoms with Crippen molar-refractivity contribution in [3.8, 4) is 17.0 Å². The molecule has 8 nitrogen and oxygen atoms in total. The summed E-state index contributed by atoms with van der Waals surface area (Å²) in [6, 6.07) is 12.4. The third-order valence-corrected chi connectivity index (χ3v) is 5.48. The fourth-order valence-corrected chi connectivity index (χ4v) is 3.92. The molecule has 1 aliphatic rings. The molecule has 0 saturated carbocycles. The maximum absolute atomic E-state index is 6.16. The standard InChI is InChI=1S/C22H25N7O/c1-15(20-7-4-10-23-20)30-19-6-3-5-17(11-19)26-22-24-13-18-8-9-21(29(18)27-22)16-12-25-28(2)14-16/h3,5-6,8-9,11-15,20,23H,4,7,10H2,1-2H3,(H,26,27). The molecule has 4 aromatic rings. The van der Waals surface area contributed by atoms with E-state index in [1.165, 1.54) is 6.42 Å². The summed E-state index contributed by atoms with van der Waals surface area (Å²) in [6.45, 7) is 3.19. The molecule has 5 rings (SSSR count). The van der Waals surface area contributed by atoms with Gasteiger partial charge in [-0.3, -0.25) is 4.68 Å². The Labute approximate surface area is 174 Å². The maximum Gasteiger partial charge on any atom is 0.245 e. The van der Waals surface area contributed by atoms with Crippen LogP contribution in [-0.2, 0) is 7.05 Å². The van der Waals surface area contributed by atoms with Crippen LogP contribution in [0.4, 0.5) is 11.6 Å². The first kappa shape index (κ1) is 18.6. The minimum absolute atomic E-state index is 0.122. The highest BCUT2D eigenvalue weighted by atomic mass is 16.5. The van der Waals surface area contributed by atoms with Crippen molar-refractivity contribution in [2.24, 2.45) is 7.05 Å². The van der Waals surface area contributed by atoms with Crippen molar-refractivity contribution in [1.29, 1.82) is 0 Å². The molecule has 0 spiro atoms. The number of rotatable bonds is 6. The van der Waals surface area contributed by atoms with Crippen molar-refractivity contribution in [2.45, 2.75) is 31.9 Å². The van der Waals surface area contributed by atoms with Crippen molar-refractivity contribution >= 4 is 17.2 Å². The summed E-state index contributed by atoms with van der Waals surface area (Å²) in [4.78, 5) is 4.45. The van der Waals surface area contributed by atoms with Crippen LogP contribution >= 0.6 is 0 Å². The molecule has 1 fully saturated rings. The maximum atomic E-state index is 6.16. The number of hydrogen-bond acceptors (Lipinski definition) is 6. The largest absolute Gasteiger partial charge is 0.489 e. The molecule has 3 aromatic heterocycles. The normalized spacial score (nSPS) is 17.3. The predicted molar refractivity (Wildman–Crippen MR) is 116 cm³/mol. The van der Waals surface area contributed by atoms with Crippen LogP contribution in [0.3, 0.4) is 0 Å². The number of nitrogens with one attached hydrogen (secondary N) is 2. The second-order valence-electron chi connectivity index (χ2n) is 7.72. The Balaban J connectivity index is 1.36. The first-order valence-electron chi connectivity index (χ1n) is 10.3. The molecule has 1 aromatic carbocycles. The summed E-state index contributed by atoms with van der Waals surface area (Å²) < 4.78 is 9.81. The second-order valence-corrected chi connectivity index (χ2v) is 7.72. The molecule has 1 aliphatic heterocycles.